The molecule has 0 aromatic heterocycles. The van der Waals surface area contributed by atoms with E-state index >= 15 is 0 Å². The van der Waals surface area contributed by atoms with Crippen molar-refractivity contribution in [3.05, 3.63) is 24.3 Å². The molecule has 0 aliphatic heterocycles. The molecule has 0 saturated heterocycles. The van der Waals surface area contributed by atoms with Crippen molar-refractivity contribution >= 4 is 0 Å². The normalized spacial score (nSPS) is 46.9. The van der Waals surface area contributed by atoms with Gasteiger partial charge in [0.2, 0.25) is 0 Å². The first kappa shape index (κ1) is 14.4. The molecule has 3 aliphatic carbocycles. The Hall–Kier alpha value is -0.520. The van der Waals surface area contributed by atoms with Gasteiger partial charge in [0.1, 0.15) is 0 Å². The van der Waals surface area contributed by atoms with E-state index in [1.807, 2.05) is 0 Å². The maximum atomic E-state index is 4.07. The highest BCUT2D eigenvalue weighted by atomic mass is 14.6. The average molecular weight is 272 g/mol. The summed E-state index contributed by atoms with van der Waals surface area (Å²) in [6.45, 7) is 14.1. The van der Waals surface area contributed by atoms with E-state index in [2.05, 4.69) is 46.4 Å². The molecular weight excluding hydrogens is 240 g/mol. The molecule has 2 saturated carbocycles. The van der Waals surface area contributed by atoms with E-state index < -0.39 is 0 Å². The lowest BCUT2D eigenvalue weighted by atomic mass is 9.45. The Morgan fingerprint density at radius 1 is 1.10 bits per heavy atom. The number of hydrogen-bond donors (Lipinski definition) is 0. The summed E-state index contributed by atoms with van der Waals surface area (Å²) in [5, 5.41) is 0. The fraction of sp³-hybridized carbons (Fsp3) is 0.800. The summed E-state index contributed by atoms with van der Waals surface area (Å²) in [6.07, 6.45) is 14.5. The summed E-state index contributed by atoms with van der Waals surface area (Å²) in [5.74, 6) is 1.79. The molecule has 0 N–H and O–H groups in total. The fourth-order valence-corrected chi connectivity index (χ4v) is 6.01. The largest absolute Gasteiger partial charge is 0.102 e. The maximum absolute atomic E-state index is 4.07. The SMILES string of the molecule is C=C[C@@]1(C)C=C2CC[C@H]3C(C)(C)CCC[C@@]3(C)[C@@H]2CC1. The first-order chi connectivity index (χ1) is 9.31. The smallest absolute Gasteiger partial charge is 0.00330 e. The highest BCUT2D eigenvalue weighted by Gasteiger charge is 2.54. The minimum absolute atomic E-state index is 0.263. The molecule has 0 heteroatoms. The molecule has 0 aromatic carbocycles. The highest BCUT2D eigenvalue weighted by molar-refractivity contribution is 5.26. The lowest BCUT2D eigenvalue weighted by Gasteiger charge is -2.59. The first-order valence-corrected chi connectivity index (χ1v) is 8.66. The van der Waals surface area contributed by atoms with Crippen LogP contribution >= 0.6 is 0 Å². The van der Waals surface area contributed by atoms with Gasteiger partial charge in [-0.05, 0) is 61.2 Å². The van der Waals surface area contributed by atoms with Crippen molar-refractivity contribution in [3.8, 4) is 0 Å². The van der Waals surface area contributed by atoms with Crippen molar-refractivity contribution in [2.24, 2.45) is 28.1 Å². The Morgan fingerprint density at radius 2 is 1.85 bits per heavy atom. The molecular formula is C20H32. The van der Waals surface area contributed by atoms with Crippen LogP contribution in [-0.4, -0.2) is 0 Å². The second kappa shape index (κ2) is 4.49. The van der Waals surface area contributed by atoms with E-state index in [0.717, 1.165) is 11.8 Å². The quantitative estimate of drug-likeness (QED) is 0.503. The van der Waals surface area contributed by atoms with E-state index in [1.54, 1.807) is 5.57 Å². The molecule has 0 unspecified atom stereocenters. The zero-order valence-corrected chi connectivity index (χ0v) is 14.0. The topological polar surface area (TPSA) is 0 Å². The molecule has 0 heterocycles. The zero-order valence-electron chi connectivity index (χ0n) is 14.0. The standard InChI is InChI=1S/C20H32/c1-6-19(4)13-10-16-15(14-19)8-9-17-18(2,3)11-7-12-20(16,17)5/h6,14,16-17H,1,7-13H2,2-5H3/t16-,17+,19-,20+/m1/s1. The molecule has 20 heavy (non-hydrogen) atoms. The van der Waals surface area contributed by atoms with Gasteiger partial charge in [0.25, 0.3) is 0 Å². The van der Waals surface area contributed by atoms with Gasteiger partial charge in [-0.3, -0.25) is 0 Å². The van der Waals surface area contributed by atoms with Crippen LogP contribution in [0.1, 0.15) is 72.6 Å². The predicted octanol–water partition coefficient (Wildman–Crippen LogP) is 6.14. The molecule has 2 fully saturated rings. The van der Waals surface area contributed by atoms with Crippen LogP contribution in [0.3, 0.4) is 0 Å². The summed E-state index contributed by atoms with van der Waals surface area (Å²) in [5.41, 5.74) is 3.15. The third-order valence-corrected chi connectivity index (χ3v) is 7.19. The second-order valence-electron chi connectivity index (χ2n) is 8.96. The predicted molar refractivity (Wildman–Crippen MR) is 87.6 cm³/mol. The third kappa shape index (κ3) is 2.02. The molecule has 0 nitrogen and oxygen atoms in total. The number of allylic oxidation sites excluding steroid dienone is 3. The van der Waals surface area contributed by atoms with Crippen molar-refractivity contribution in [2.75, 3.05) is 0 Å². The monoisotopic (exact) mass is 272 g/mol. The molecule has 0 aromatic rings. The van der Waals surface area contributed by atoms with Gasteiger partial charge < -0.3 is 0 Å². The van der Waals surface area contributed by atoms with Crippen LogP contribution < -0.4 is 0 Å². The third-order valence-electron chi connectivity index (χ3n) is 7.19. The van der Waals surface area contributed by atoms with E-state index in [9.17, 15) is 0 Å². The van der Waals surface area contributed by atoms with Crippen LogP contribution in [0, 0.1) is 28.1 Å². The second-order valence-corrected chi connectivity index (χ2v) is 8.96. The van der Waals surface area contributed by atoms with Gasteiger partial charge in [0, 0.05) is 5.41 Å². The molecule has 0 amide bonds. The lowest BCUT2D eigenvalue weighted by molar-refractivity contribution is -0.0587. The van der Waals surface area contributed by atoms with Crippen molar-refractivity contribution in [1.29, 1.82) is 0 Å². The van der Waals surface area contributed by atoms with Gasteiger partial charge in [-0.2, -0.15) is 0 Å². The van der Waals surface area contributed by atoms with Gasteiger partial charge in [0.05, 0.1) is 0 Å². The molecule has 0 spiro atoms. The Bertz CT molecular complexity index is 441. The van der Waals surface area contributed by atoms with Gasteiger partial charge in [-0.25, -0.2) is 0 Å². The molecule has 3 rings (SSSR count). The van der Waals surface area contributed by atoms with Gasteiger partial charge in [0.15, 0.2) is 0 Å². The van der Waals surface area contributed by atoms with Gasteiger partial charge in [-0.15, -0.1) is 6.58 Å². The van der Waals surface area contributed by atoms with E-state index in [4.69, 9.17) is 0 Å². The maximum Gasteiger partial charge on any atom is 0.00330 e. The zero-order chi connectivity index (χ0) is 14.6. The summed E-state index contributed by atoms with van der Waals surface area (Å²) in [6, 6.07) is 0. The lowest BCUT2D eigenvalue weighted by Crippen LogP contribution is -2.50. The van der Waals surface area contributed by atoms with Crippen LogP contribution in [0.15, 0.2) is 24.3 Å². The summed E-state index contributed by atoms with van der Waals surface area (Å²) in [7, 11) is 0. The molecule has 0 bridgehead atoms. The Morgan fingerprint density at radius 3 is 2.55 bits per heavy atom. The van der Waals surface area contributed by atoms with Crippen LogP contribution in [0.2, 0.25) is 0 Å². The van der Waals surface area contributed by atoms with E-state index in [0.29, 0.717) is 10.8 Å². The highest BCUT2D eigenvalue weighted by Crippen LogP contribution is 2.63. The Labute approximate surface area is 125 Å². The van der Waals surface area contributed by atoms with Crippen LogP contribution in [-0.2, 0) is 0 Å². The summed E-state index contributed by atoms with van der Waals surface area (Å²) in [4.78, 5) is 0. The van der Waals surface area contributed by atoms with Gasteiger partial charge >= 0.3 is 0 Å². The Balaban J connectivity index is 1.97. The van der Waals surface area contributed by atoms with Crippen molar-refractivity contribution in [3.63, 3.8) is 0 Å². The molecule has 112 valence electrons. The summed E-state index contributed by atoms with van der Waals surface area (Å²) >= 11 is 0. The van der Waals surface area contributed by atoms with Crippen molar-refractivity contribution in [1.82, 2.24) is 0 Å². The first-order valence-electron chi connectivity index (χ1n) is 8.66. The van der Waals surface area contributed by atoms with Crippen molar-refractivity contribution < 1.29 is 0 Å². The Kier molecular flexibility index (Phi) is 3.23. The average Bonchev–Trinajstić information content (AvgIpc) is 2.37. The fourth-order valence-electron chi connectivity index (χ4n) is 6.01. The van der Waals surface area contributed by atoms with Crippen LogP contribution in [0.5, 0.6) is 0 Å². The minimum Gasteiger partial charge on any atom is -0.102 e. The van der Waals surface area contributed by atoms with Crippen LogP contribution in [0.4, 0.5) is 0 Å². The minimum atomic E-state index is 0.263. The number of fused-ring (bicyclic) bond motifs is 3. The molecule has 4 atom stereocenters. The summed E-state index contributed by atoms with van der Waals surface area (Å²) < 4.78 is 0. The van der Waals surface area contributed by atoms with E-state index in [1.165, 1.54) is 44.9 Å². The van der Waals surface area contributed by atoms with Crippen LogP contribution in [0.25, 0.3) is 0 Å². The molecule has 3 aliphatic rings. The van der Waals surface area contributed by atoms with Crippen molar-refractivity contribution in [2.45, 2.75) is 72.6 Å². The van der Waals surface area contributed by atoms with Gasteiger partial charge in [-0.1, -0.05) is 51.8 Å². The molecule has 0 radical (unpaired) electrons. The number of hydrogen-bond acceptors (Lipinski definition) is 0. The van der Waals surface area contributed by atoms with E-state index in [-0.39, 0.29) is 5.41 Å². The number of rotatable bonds is 1.